The molecular formula is C31H63O2. The molecule has 1 radical (unpaired) electrons. The summed E-state index contributed by atoms with van der Waals surface area (Å²) in [7, 11) is 0. The third kappa shape index (κ3) is 31.9. The summed E-state index contributed by atoms with van der Waals surface area (Å²) in [6, 6.07) is 0. The van der Waals surface area contributed by atoms with Gasteiger partial charge in [-0.1, -0.05) is 161 Å². The molecule has 0 rings (SSSR count). The maximum Gasteiger partial charge on any atom is 0.0822 e. The van der Waals surface area contributed by atoms with Crippen molar-refractivity contribution in [3.05, 3.63) is 0 Å². The van der Waals surface area contributed by atoms with Crippen molar-refractivity contribution < 1.29 is 9.84 Å². The fourth-order valence-electron chi connectivity index (χ4n) is 4.75. The number of ether oxygens (including phenoxy) is 1. The monoisotopic (exact) mass is 467 g/mol. The topological polar surface area (TPSA) is 29.1 Å². The molecule has 0 bridgehead atoms. The van der Waals surface area contributed by atoms with E-state index in [1.54, 1.807) is 0 Å². The highest BCUT2D eigenvalue weighted by Gasteiger charge is 1.96. The first-order valence-corrected chi connectivity index (χ1v) is 15.6. The van der Waals surface area contributed by atoms with Crippen molar-refractivity contribution in [1.82, 2.24) is 0 Å². The highest BCUT2D eigenvalue weighted by Crippen LogP contribution is 2.14. The van der Waals surface area contributed by atoms with Crippen LogP contribution in [0.4, 0.5) is 0 Å². The maximum atomic E-state index is 10.4. The molecule has 0 aromatic heterocycles. The predicted molar refractivity (Wildman–Crippen MR) is 147 cm³/mol. The molecule has 0 aliphatic rings. The molecule has 0 fully saturated rings. The van der Waals surface area contributed by atoms with E-state index in [0.29, 0.717) is 0 Å². The Balaban J connectivity index is 2.99. The second-order valence-corrected chi connectivity index (χ2v) is 10.5. The lowest BCUT2D eigenvalue weighted by Crippen LogP contribution is -1.97. The molecule has 2 nitrogen and oxygen atoms in total. The van der Waals surface area contributed by atoms with Crippen molar-refractivity contribution in [3.63, 3.8) is 0 Å². The van der Waals surface area contributed by atoms with Gasteiger partial charge in [0.05, 0.1) is 6.61 Å². The van der Waals surface area contributed by atoms with Crippen LogP contribution in [0, 0.1) is 0 Å². The SMILES string of the molecule is CCCCCCCCCCCCCCCOCCCCCCCCCCCCCCCC[O]. The Labute approximate surface area is 210 Å². The quantitative estimate of drug-likeness (QED) is 0.0965. The normalized spacial score (nSPS) is 11.5. The van der Waals surface area contributed by atoms with E-state index in [1.807, 2.05) is 0 Å². The van der Waals surface area contributed by atoms with Crippen LogP contribution in [0.5, 0.6) is 0 Å². The first-order valence-electron chi connectivity index (χ1n) is 15.6. The summed E-state index contributed by atoms with van der Waals surface area (Å²) < 4.78 is 5.83. The van der Waals surface area contributed by atoms with Crippen LogP contribution in [-0.2, 0) is 9.84 Å². The molecule has 0 spiro atoms. The summed E-state index contributed by atoms with van der Waals surface area (Å²) in [6.07, 6.45) is 36.9. The van der Waals surface area contributed by atoms with Gasteiger partial charge in [0.2, 0.25) is 0 Å². The molecular weight excluding hydrogens is 404 g/mol. The van der Waals surface area contributed by atoms with Gasteiger partial charge in [0, 0.05) is 13.2 Å². The standard InChI is InChI=1S/C31H63O2/c1-2-3-4-5-6-7-8-12-15-18-21-24-27-30-33-31-28-25-22-19-16-13-10-9-11-14-17-20-23-26-29-32/h2-31H2,1H3. The van der Waals surface area contributed by atoms with Gasteiger partial charge >= 0.3 is 0 Å². The van der Waals surface area contributed by atoms with Gasteiger partial charge < -0.3 is 4.74 Å². The van der Waals surface area contributed by atoms with Crippen LogP contribution in [0.15, 0.2) is 0 Å². The lowest BCUT2D eigenvalue weighted by atomic mass is 10.0. The van der Waals surface area contributed by atoms with Crippen molar-refractivity contribution in [1.29, 1.82) is 0 Å². The molecule has 0 saturated heterocycles. The van der Waals surface area contributed by atoms with E-state index in [-0.39, 0.29) is 6.61 Å². The van der Waals surface area contributed by atoms with E-state index < -0.39 is 0 Å². The lowest BCUT2D eigenvalue weighted by molar-refractivity contribution is 0.125. The van der Waals surface area contributed by atoms with Crippen molar-refractivity contribution in [2.24, 2.45) is 0 Å². The summed E-state index contributed by atoms with van der Waals surface area (Å²) in [5.74, 6) is 0. The molecule has 0 N–H and O–H groups in total. The van der Waals surface area contributed by atoms with Crippen LogP contribution < -0.4 is 0 Å². The fourth-order valence-corrected chi connectivity index (χ4v) is 4.75. The van der Waals surface area contributed by atoms with Crippen molar-refractivity contribution in [2.75, 3.05) is 19.8 Å². The van der Waals surface area contributed by atoms with Crippen molar-refractivity contribution >= 4 is 0 Å². The van der Waals surface area contributed by atoms with Gasteiger partial charge in [0.25, 0.3) is 0 Å². The zero-order chi connectivity index (χ0) is 23.9. The Morgan fingerprint density at radius 1 is 0.333 bits per heavy atom. The average molecular weight is 468 g/mol. The molecule has 0 aromatic rings. The highest BCUT2D eigenvalue weighted by atomic mass is 16.5. The molecule has 0 heterocycles. The van der Waals surface area contributed by atoms with Gasteiger partial charge in [-0.3, -0.25) is 0 Å². The molecule has 199 valence electrons. The Morgan fingerprint density at radius 3 is 0.848 bits per heavy atom. The van der Waals surface area contributed by atoms with Gasteiger partial charge in [-0.15, -0.1) is 0 Å². The third-order valence-electron chi connectivity index (χ3n) is 7.08. The van der Waals surface area contributed by atoms with Crippen LogP contribution in [-0.4, -0.2) is 19.8 Å². The third-order valence-corrected chi connectivity index (χ3v) is 7.08. The molecule has 0 atom stereocenters. The zero-order valence-electron chi connectivity index (χ0n) is 23.0. The molecule has 0 saturated carbocycles. The molecule has 33 heavy (non-hydrogen) atoms. The molecule has 0 aliphatic carbocycles. The summed E-state index contributed by atoms with van der Waals surface area (Å²) in [4.78, 5) is 0. The summed E-state index contributed by atoms with van der Waals surface area (Å²) in [5.41, 5.74) is 0. The zero-order valence-corrected chi connectivity index (χ0v) is 23.0. The molecule has 0 unspecified atom stereocenters. The minimum atomic E-state index is 0.118. The van der Waals surface area contributed by atoms with Crippen molar-refractivity contribution in [3.8, 4) is 0 Å². The van der Waals surface area contributed by atoms with Crippen LogP contribution in [0.1, 0.15) is 180 Å². The number of unbranched alkanes of at least 4 members (excludes halogenated alkanes) is 25. The molecule has 0 aliphatic heterocycles. The van der Waals surface area contributed by atoms with E-state index in [4.69, 9.17) is 4.74 Å². The number of hydrogen-bond acceptors (Lipinski definition) is 1. The summed E-state index contributed by atoms with van der Waals surface area (Å²) in [6.45, 7) is 4.37. The minimum absolute atomic E-state index is 0.118. The van der Waals surface area contributed by atoms with Gasteiger partial charge in [-0.05, 0) is 19.3 Å². The van der Waals surface area contributed by atoms with E-state index in [1.165, 1.54) is 161 Å². The second kappa shape index (κ2) is 31.9. The Hall–Kier alpha value is -0.0800. The molecule has 0 amide bonds. The Kier molecular flexibility index (Phi) is 31.8. The van der Waals surface area contributed by atoms with Crippen LogP contribution in [0.25, 0.3) is 0 Å². The average Bonchev–Trinajstić information content (AvgIpc) is 2.83. The lowest BCUT2D eigenvalue weighted by Gasteiger charge is -2.05. The summed E-state index contributed by atoms with van der Waals surface area (Å²) in [5, 5.41) is 10.4. The van der Waals surface area contributed by atoms with Crippen LogP contribution in [0.2, 0.25) is 0 Å². The van der Waals surface area contributed by atoms with E-state index in [0.717, 1.165) is 26.1 Å². The van der Waals surface area contributed by atoms with E-state index in [9.17, 15) is 5.11 Å². The van der Waals surface area contributed by atoms with E-state index in [2.05, 4.69) is 6.92 Å². The summed E-state index contributed by atoms with van der Waals surface area (Å²) >= 11 is 0. The Morgan fingerprint density at radius 2 is 0.576 bits per heavy atom. The van der Waals surface area contributed by atoms with Gasteiger partial charge in [-0.2, -0.15) is 0 Å². The van der Waals surface area contributed by atoms with Gasteiger partial charge in [0.1, 0.15) is 0 Å². The highest BCUT2D eigenvalue weighted by molar-refractivity contribution is 4.51. The van der Waals surface area contributed by atoms with Crippen LogP contribution >= 0.6 is 0 Å². The largest absolute Gasteiger partial charge is 0.381 e. The maximum absolute atomic E-state index is 10.4. The molecule has 2 heteroatoms. The fraction of sp³-hybridized carbons (Fsp3) is 1.00. The minimum Gasteiger partial charge on any atom is -0.381 e. The van der Waals surface area contributed by atoms with Gasteiger partial charge in [-0.25, -0.2) is 5.11 Å². The predicted octanol–water partition coefficient (Wildman–Crippen LogP) is 11.0. The smallest absolute Gasteiger partial charge is 0.0822 e. The molecule has 0 aromatic carbocycles. The first kappa shape index (κ1) is 32.9. The number of hydrogen-bond donors (Lipinski definition) is 0. The van der Waals surface area contributed by atoms with Crippen LogP contribution in [0.3, 0.4) is 0 Å². The van der Waals surface area contributed by atoms with Gasteiger partial charge in [0.15, 0.2) is 0 Å². The Bertz CT molecular complexity index is 288. The first-order chi connectivity index (χ1) is 16.4. The van der Waals surface area contributed by atoms with E-state index >= 15 is 0 Å². The number of rotatable bonds is 30. The van der Waals surface area contributed by atoms with Crippen molar-refractivity contribution in [2.45, 2.75) is 180 Å². The second-order valence-electron chi connectivity index (χ2n) is 10.5.